The van der Waals surface area contributed by atoms with Gasteiger partial charge in [-0.2, -0.15) is 0 Å². The molecule has 4 saturated carbocycles. The van der Waals surface area contributed by atoms with Crippen molar-refractivity contribution in [1.29, 1.82) is 0 Å². The Hall–Kier alpha value is -1.92. The van der Waals surface area contributed by atoms with Gasteiger partial charge in [-0.05, 0) is 116 Å². The molecule has 0 bridgehead atoms. The van der Waals surface area contributed by atoms with Crippen molar-refractivity contribution in [2.45, 2.75) is 116 Å². The lowest BCUT2D eigenvalue weighted by Gasteiger charge is -2.62. The number of hydrogen-bond acceptors (Lipinski definition) is 6. The summed E-state index contributed by atoms with van der Waals surface area (Å²) in [5, 5.41) is 22.2. The summed E-state index contributed by atoms with van der Waals surface area (Å²) in [7, 11) is 1.46. The third-order valence-electron chi connectivity index (χ3n) is 12.6. The molecule has 6 heteroatoms. The van der Waals surface area contributed by atoms with Gasteiger partial charge in [-0.3, -0.25) is 9.59 Å². The first-order chi connectivity index (χ1) is 19.6. The first-order valence-corrected chi connectivity index (χ1v) is 16.2. The molecular weight excluding hydrogens is 516 g/mol. The second-order valence-electron chi connectivity index (χ2n) is 14.4. The van der Waals surface area contributed by atoms with Gasteiger partial charge < -0.3 is 19.7 Å². The van der Waals surface area contributed by atoms with Crippen LogP contribution < -0.4 is 0 Å². The molecule has 0 amide bonds. The maximum atomic E-state index is 12.7. The monoisotopic (exact) mass is 568 g/mol. The minimum atomic E-state index is -0.650. The third kappa shape index (κ3) is 5.85. The minimum absolute atomic E-state index is 0.0451. The van der Waals surface area contributed by atoms with E-state index in [2.05, 4.69) is 20.8 Å². The van der Waals surface area contributed by atoms with Crippen molar-refractivity contribution in [2.24, 2.45) is 46.3 Å². The van der Waals surface area contributed by atoms with E-state index in [1.54, 1.807) is 0 Å². The van der Waals surface area contributed by atoms with Gasteiger partial charge in [0.25, 0.3) is 0 Å². The van der Waals surface area contributed by atoms with E-state index >= 15 is 0 Å². The highest BCUT2D eigenvalue weighted by atomic mass is 16.5. The van der Waals surface area contributed by atoms with Crippen LogP contribution in [0, 0.1) is 46.3 Å². The van der Waals surface area contributed by atoms with Crippen LogP contribution in [-0.2, 0) is 19.1 Å². The molecule has 0 saturated heterocycles. The predicted molar refractivity (Wildman–Crippen MR) is 158 cm³/mol. The lowest BCUT2D eigenvalue weighted by Crippen LogP contribution is -2.59. The van der Waals surface area contributed by atoms with Crippen molar-refractivity contribution in [3.63, 3.8) is 0 Å². The summed E-state index contributed by atoms with van der Waals surface area (Å²) in [6.07, 6.45) is 9.27. The number of aliphatic hydroxyl groups excluding tert-OH is 2. The van der Waals surface area contributed by atoms with Gasteiger partial charge in [0.05, 0.1) is 19.3 Å². The Balaban J connectivity index is 1.18. The Kier molecular flexibility index (Phi) is 9.21. The molecule has 0 aromatic heterocycles. The summed E-state index contributed by atoms with van der Waals surface area (Å²) in [5.41, 5.74) is 0.920. The van der Waals surface area contributed by atoms with E-state index in [4.69, 9.17) is 9.47 Å². The number of hydrogen-bond donors (Lipinski definition) is 2. The van der Waals surface area contributed by atoms with Crippen LogP contribution in [0.1, 0.15) is 109 Å². The molecule has 0 radical (unpaired) electrons. The number of aliphatic hydroxyl groups is 2. The van der Waals surface area contributed by atoms with Gasteiger partial charge in [0, 0.05) is 12.8 Å². The molecule has 1 aromatic rings. The lowest BCUT2D eigenvalue weighted by atomic mass is 9.43. The largest absolute Gasteiger partial charge is 0.469 e. The summed E-state index contributed by atoms with van der Waals surface area (Å²) < 4.78 is 10.9. The Labute approximate surface area is 246 Å². The predicted octanol–water partition coefficient (Wildman–Crippen LogP) is 6.63. The summed E-state index contributed by atoms with van der Waals surface area (Å²) in [5.74, 6) is 2.68. The Morgan fingerprint density at radius 2 is 1.68 bits per heavy atom. The molecule has 228 valence electrons. The van der Waals surface area contributed by atoms with E-state index in [9.17, 15) is 19.8 Å². The van der Waals surface area contributed by atoms with E-state index in [0.717, 1.165) is 44.1 Å². The van der Waals surface area contributed by atoms with Crippen molar-refractivity contribution in [2.75, 3.05) is 7.11 Å². The number of benzene rings is 1. The zero-order valence-electron chi connectivity index (χ0n) is 25.6. The lowest BCUT2D eigenvalue weighted by molar-refractivity contribution is -0.181. The van der Waals surface area contributed by atoms with Gasteiger partial charge in [-0.15, -0.1) is 0 Å². The molecule has 0 spiro atoms. The molecule has 1 aromatic carbocycles. The van der Waals surface area contributed by atoms with Crippen LogP contribution in [0.4, 0.5) is 0 Å². The first kappa shape index (κ1) is 30.5. The summed E-state index contributed by atoms with van der Waals surface area (Å²) in [4.78, 5) is 24.5. The standard InChI is InChI=1S/C35H52O6/c1-22(10-16-32(38)40-4)27-13-14-28-26-12-11-24-20-25(18-19-34(24,2)29(26)21-31(37)35(27,28)3)41-33(39)17-15-30(36)23-8-6-5-7-9-23/h5-9,22,24-31,36-37H,10-21H2,1-4H3/t22-,24-,25-,26+,27-,28+,29+,30-,31+,34+,35-/m1/s1. The number of ether oxygens (including phenoxy) is 2. The zero-order valence-corrected chi connectivity index (χ0v) is 25.6. The molecule has 0 heterocycles. The van der Waals surface area contributed by atoms with Crippen molar-refractivity contribution < 1.29 is 29.3 Å². The quantitative estimate of drug-likeness (QED) is 0.325. The summed E-state index contributed by atoms with van der Waals surface area (Å²) in [6, 6.07) is 9.49. The molecule has 41 heavy (non-hydrogen) atoms. The summed E-state index contributed by atoms with van der Waals surface area (Å²) >= 11 is 0. The fourth-order valence-electron chi connectivity index (χ4n) is 10.2. The van der Waals surface area contributed by atoms with Crippen molar-refractivity contribution in [3.8, 4) is 0 Å². The molecule has 5 rings (SSSR count). The van der Waals surface area contributed by atoms with Crippen molar-refractivity contribution >= 4 is 11.9 Å². The number of esters is 2. The molecule has 2 N–H and O–H groups in total. The molecule has 6 nitrogen and oxygen atoms in total. The maximum Gasteiger partial charge on any atom is 0.306 e. The number of rotatable bonds is 9. The Morgan fingerprint density at radius 3 is 2.41 bits per heavy atom. The number of methoxy groups -OCH3 is 1. The van der Waals surface area contributed by atoms with Crippen LogP contribution >= 0.6 is 0 Å². The molecule has 11 atom stereocenters. The zero-order chi connectivity index (χ0) is 29.4. The van der Waals surface area contributed by atoms with E-state index in [1.807, 2.05) is 30.3 Å². The first-order valence-electron chi connectivity index (χ1n) is 16.2. The van der Waals surface area contributed by atoms with Gasteiger partial charge >= 0.3 is 11.9 Å². The van der Waals surface area contributed by atoms with E-state index in [-0.39, 0.29) is 41.4 Å². The van der Waals surface area contributed by atoms with Crippen LogP contribution in [0.25, 0.3) is 0 Å². The van der Waals surface area contributed by atoms with Gasteiger partial charge in [0.15, 0.2) is 0 Å². The Morgan fingerprint density at radius 1 is 0.951 bits per heavy atom. The third-order valence-corrected chi connectivity index (χ3v) is 12.6. The maximum absolute atomic E-state index is 12.7. The highest BCUT2D eigenvalue weighted by Crippen LogP contribution is 2.68. The van der Waals surface area contributed by atoms with Gasteiger partial charge in [0.2, 0.25) is 0 Å². The number of carbonyl (C=O) groups is 2. The second-order valence-corrected chi connectivity index (χ2v) is 14.4. The summed E-state index contributed by atoms with van der Waals surface area (Å²) in [6.45, 7) is 7.08. The number of fused-ring (bicyclic) bond motifs is 5. The van der Waals surface area contributed by atoms with Crippen LogP contribution in [0.5, 0.6) is 0 Å². The van der Waals surface area contributed by atoms with Crippen LogP contribution in [0.2, 0.25) is 0 Å². The fourth-order valence-corrected chi connectivity index (χ4v) is 10.2. The van der Waals surface area contributed by atoms with Gasteiger partial charge in [-0.1, -0.05) is 51.1 Å². The highest BCUT2D eigenvalue weighted by molar-refractivity contribution is 5.69. The smallest absolute Gasteiger partial charge is 0.306 e. The molecule has 4 aliphatic rings. The molecule has 0 aliphatic heterocycles. The molecule has 4 aliphatic carbocycles. The van der Waals surface area contributed by atoms with Crippen LogP contribution in [-0.4, -0.2) is 41.5 Å². The van der Waals surface area contributed by atoms with E-state index in [0.29, 0.717) is 48.3 Å². The van der Waals surface area contributed by atoms with Crippen LogP contribution in [0.15, 0.2) is 30.3 Å². The minimum Gasteiger partial charge on any atom is -0.469 e. The Bertz CT molecular complexity index is 1060. The molecule has 4 fully saturated rings. The fraction of sp³-hybridized carbons (Fsp3) is 0.771. The van der Waals surface area contributed by atoms with Crippen molar-refractivity contribution in [1.82, 2.24) is 0 Å². The molecular formula is C35H52O6. The highest BCUT2D eigenvalue weighted by Gasteiger charge is 2.63. The average molecular weight is 569 g/mol. The SMILES string of the molecule is COC(=O)CC[C@@H](C)[C@H]1CC[C@H]2[C@@H]3CC[C@@H]4C[C@H](OC(=O)CC[C@@H](O)c5ccccc5)CC[C@]4(C)[C@H]3C[C@H](O)[C@]12C. The van der Waals surface area contributed by atoms with Crippen LogP contribution in [0.3, 0.4) is 0 Å². The average Bonchev–Trinajstić information content (AvgIpc) is 3.34. The van der Waals surface area contributed by atoms with Crippen molar-refractivity contribution in [3.05, 3.63) is 35.9 Å². The normalized spacial score (nSPS) is 39.5. The van der Waals surface area contributed by atoms with Gasteiger partial charge in [0.1, 0.15) is 6.10 Å². The van der Waals surface area contributed by atoms with Gasteiger partial charge in [-0.25, -0.2) is 0 Å². The van der Waals surface area contributed by atoms with E-state index < -0.39 is 6.10 Å². The molecule has 0 unspecified atom stereocenters. The number of carbonyl (C=O) groups excluding carboxylic acids is 2. The topological polar surface area (TPSA) is 93.1 Å². The second kappa shape index (κ2) is 12.4. The van der Waals surface area contributed by atoms with E-state index in [1.165, 1.54) is 26.4 Å².